The molecule has 2 heterocycles. The number of aliphatic imine (C=N–C) groups is 1. The molecule has 24 heavy (non-hydrogen) atoms. The third-order valence-corrected chi connectivity index (χ3v) is 3.21. The highest BCUT2D eigenvalue weighted by molar-refractivity contribution is 14.0. The number of ether oxygens (including phenoxy) is 1. The van der Waals surface area contributed by atoms with Gasteiger partial charge in [-0.15, -0.1) is 24.0 Å². The second-order valence-corrected chi connectivity index (χ2v) is 4.92. The molecule has 0 aliphatic carbocycles. The van der Waals surface area contributed by atoms with Crippen molar-refractivity contribution in [3.63, 3.8) is 0 Å². The van der Waals surface area contributed by atoms with Gasteiger partial charge >= 0.3 is 0 Å². The van der Waals surface area contributed by atoms with Crippen LogP contribution in [0.15, 0.2) is 41.8 Å². The van der Waals surface area contributed by atoms with Gasteiger partial charge in [-0.1, -0.05) is 6.07 Å². The third-order valence-electron chi connectivity index (χ3n) is 3.21. The van der Waals surface area contributed by atoms with Gasteiger partial charge in [0.25, 0.3) is 0 Å². The molecule has 0 aliphatic heterocycles. The van der Waals surface area contributed by atoms with Gasteiger partial charge in [-0.05, 0) is 25.5 Å². The summed E-state index contributed by atoms with van der Waals surface area (Å²) in [6.45, 7) is 5.10. The van der Waals surface area contributed by atoms with Crippen molar-refractivity contribution in [2.75, 3.05) is 20.2 Å². The molecule has 0 saturated carbocycles. The molecular formula is C16H25IN6O. The van der Waals surface area contributed by atoms with E-state index in [0.29, 0.717) is 12.4 Å². The number of hydrogen-bond acceptors (Lipinski definition) is 4. The molecule has 0 bridgehead atoms. The standard InChI is InChI=1S/C16H24N6O.HI/c1-3-17-16(19-9-5-11-22-12-6-10-21-22)20-13-14-7-4-8-18-15(14)23-2;/h4,6-8,10,12H,3,5,9,11,13H2,1-2H3,(H2,17,19,20);1H. The predicted molar refractivity (Wildman–Crippen MR) is 106 cm³/mol. The Morgan fingerprint density at radius 1 is 1.29 bits per heavy atom. The first kappa shape index (κ1) is 20.2. The monoisotopic (exact) mass is 444 g/mol. The Kier molecular flexibility index (Phi) is 9.81. The van der Waals surface area contributed by atoms with Crippen LogP contribution in [0, 0.1) is 0 Å². The van der Waals surface area contributed by atoms with Gasteiger partial charge in [-0.25, -0.2) is 9.98 Å². The van der Waals surface area contributed by atoms with E-state index in [0.717, 1.165) is 37.6 Å². The minimum atomic E-state index is 0. The molecule has 0 saturated heterocycles. The maximum absolute atomic E-state index is 5.25. The summed E-state index contributed by atoms with van der Waals surface area (Å²) in [6.07, 6.45) is 6.45. The second kappa shape index (κ2) is 11.7. The number of hydrogen-bond donors (Lipinski definition) is 2. The summed E-state index contributed by atoms with van der Waals surface area (Å²) in [7, 11) is 1.62. The van der Waals surface area contributed by atoms with Crippen LogP contribution in [0.5, 0.6) is 5.88 Å². The zero-order valence-electron chi connectivity index (χ0n) is 14.1. The van der Waals surface area contributed by atoms with Crippen molar-refractivity contribution in [2.45, 2.75) is 26.4 Å². The fourth-order valence-electron chi connectivity index (χ4n) is 2.11. The molecule has 132 valence electrons. The van der Waals surface area contributed by atoms with E-state index in [2.05, 4.69) is 25.7 Å². The summed E-state index contributed by atoms with van der Waals surface area (Å²) < 4.78 is 7.17. The fourth-order valence-corrected chi connectivity index (χ4v) is 2.11. The molecule has 0 radical (unpaired) electrons. The second-order valence-electron chi connectivity index (χ2n) is 4.92. The maximum Gasteiger partial charge on any atom is 0.218 e. The lowest BCUT2D eigenvalue weighted by atomic mass is 10.3. The molecule has 0 unspecified atom stereocenters. The number of nitrogens with one attached hydrogen (secondary N) is 2. The largest absolute Gasteiger partial charge is 0.481 e. The SMILES string of the molecule is CCNC(=NCc1cccnc1OC)NCCCn1cccn1.I. The molecule has 2 rings (SSSR count). The van der Waals surface area contributed by atoms with E-state index < -0.39 is 0 Å². The Bertz CT molecular complexity index is 602. The zero-order valence-corrected chi connectivity index (χ0v) is 16.4. The first-order valence-electron chi connectivity index (χ1n) is 7.81. The van der Waals surface area contributed by atoms with E-state index in [1.54, 1.807) is 19.5 Å². The van der Waals surface area contributed by atoms with Crippen LogP contribution in [-0.2, 0) is 13.1 Å². The number of nitrogens with zero attached hydrogens (tertiary/aromatic N) is 4. The molecule has 7 nitrogen and oxygen atoms in total. The zero-order chi connectivity index (χ0) is 16.3. The summed E-state index contributed by atoms with van der Waals surface area (Å²) in [5, 5.41) is 10.8. The first-order valence-corrected chi connectivity index (χ1v) is 7.81. The van der Waals surface area contributed by atoms with Crippen molar-refractivity contribution in [1.82, 2.24) is 25.4 Å². The average Bonchev–Trinajstić information content (AvgIpc) is 3.10. The summed E-state index contributed by atoms with van der Waals surface area (Å²) in [4.78, 5) is 8.76. The van der Waals surface area contributed by atoms with Crippen molar-refractivity contribution in [1.29, 1.82) is 0 Å². The molecule has 2 aromatic rings. The Hall–Kier alpha value is -1.84. The third kappa shape index (κ3) is 6.73. The summed E-state index contributed by atoms with van der Waals surface area (Å²) in [6, 6.07) is 5.79. The van der Waals surface area contributed by atoms with Crippen LogP contribution < -0.4 is 15.4 Å². The van der Waals surface area contributed by atoms with Crippen LogP contribution in [0.4, 0.5) is 0 Å². The lowest BCUT2D eigenvalue weighted by molar-refractivity contribution is 0.392. The van der Waals surface area contributed by atoms with Crippen molar-refractivity contribution in [2.24, 2.45) is 4.99 Å². The van der Waals surface area contributed by atoms with E-state index in [1.807, 2.05) is 36.0 Å². The van der Waals surface area contributed by atoms with Crippen molar-refractivity contribution in [3.8, 4) is 5.88 Å². The summed E-state index contributed by atoms with van der Waals surface area (Å²) in [5.74, 6) is 1.41. The van der Waals surface area contributed by atoms with Crippen LogP contribution in [0.2, 0.25) is 0 Å². The molecule has 0 spiro atoms. The molecule has 0 aromatic carbocycles. The molecule has 0 amide bonds. The van der Waals surface area contributed by atoms with Gasteiger partial charge in [-0.2, -0.15) is 5.10 Å². The topological polar surface area (TPSA) is 76.4 Å². The lowest BCUT2D eigenvalue weighted by Gasteiger charge is -2.12. The van der Waals surface area contributed by atoms with Gasteiger partial charge in [0.15, 0.2) is 5.96 Å². The number of aryl methyl sites for hydroxylation is 1. The van der Waals surface area contributed by atoms with Crippen LogP contribution in [0.25, 0.3) is 0 Å². The number of guanidine groups is 1. The molecule has 0 atom stereocenters. The van der Waals surface area contributed by atoms with Gasteiger partial charge in [0.2, 0.25) is 5.88 Å². The van der Waals surface area contributed by atoms with Gasteiger partial charge < -0.3 is 15.4 Å². The molecule has 2 aromatic heterocycles. The van der Waals surface area contributed by atoms with Crippen LogP contribution >= 0.6 is 24.0 Å². The smallest absolute Gasteiger partial charge is 0.218 e. The van der Waals surface area contributed by atoms with Crippen molar-refractivity contribution in [3.05, 3.63) is 42.4 Å². The number of methoxy groups -OCH3 is 1. The number of aromatic nitrogens is 3. The Balaban J connectivity index is 0.00000288. The summed E-state index contributed by atoms with van der Waals surface area (Å²) in [5.41, 5.74) is 0.962. The van der Waals surface area contributed by atoms with Gasteiger partial charge in [-0.3, -0.25) is 4.68 Å². The highest BCUT2D eigenvalue weighted by Gasteiger charge is 2.03. The average molecular weight is 444 g/mol. The minimum Gasteiger partial charge on any atom is -0.481 e. The highest BCUT2D eigenvalue weighted by atomic mass is 127. The van der Waals surface area contributed by atoms with E-state index in [1.165, 1.54) is 0 Å². The predicted octanol–water partition coefficient (Wildman–Crippen LogP) is 2.05. The Morgan fingerprint density at radius 3 is 2.88 bits per heavy atom. The van der Waals surface area contributed by atoms with E-state index in [-0.39, 0.29) is 24.0 Å². The fraction of sp³-hybridized carbons (Fsp3) is 0.438. The lowest BCUT2D eigenvalue weighted by Crippen LogP contribution is -2.38. The quantitative estimate of drug-likeness (QED) is 0.282. The van der Waals surface area contributed by atoms with Crippen LogP contribution in [0.3, 0.4) is 0 Å². The molecule has 0 fully saturated rings. The van der Waals surface area contributed by atoms with E-state index >= 15 is 0 Å². The van der Waals surface area contributed by atoms with Gasteiger partial charge in [0.05, 0.1) is 13.7 Å². The first-order chi connectivity index (χ1) is 11.3. The molecule has 0 aliphatic rings. The Labute approximate surface area is 159 Å². The van der Waals surface area contributed by atoms with E-state index in [9.17, 15) is 0 Å². The minimum absolute atomic E-state index is 0. The highest BCUT2D eigenvalue weighted by Crippen LogP contribution is 2.14. The van der Waals surface area contributed by atoms with Crippen molar-refractivity contribution >= 4 is 29.9 Å². The van der Waals surface area contributed by atoms with Crippen LogP contribution in [0.1, 0.15) is 18.9 Å². The van der Waals surface area contributed by atoms with Gasteiger partial charge in [0, 0.05) is 43.8 Å². The van der Waals surface area contributed by atoms with Crippen molar-refractivity contribution < 1.29 is 4.74 Å². The number of halogens is 1. The maximum atomic E-state index is 5.25. The molecular weight excluding hydrogens is 419 g/mol. The number of rotatable bonds is 8. The molecule has 2 N–H and O–H groups in total. The van der Waals surface area contributed by atoms with E-state index in [4.69, 9.17) is 4.74 Å². The summed E-state index contributed by atoms with van der Waals surface area (Å²) >= 11 is 0. The van der Waals surface area contributed by atoms with Gasteiger partial charge in [0.1, 0.15) is 0 Å². The number of pyridine rings is 1. The Morgan fingerprint density at radius 2 is 2.17 bits per heavy atom. The normalized spacial score (nSPS) is 10.8. The van der Waals surface area contributed by atoms with Crippen LogP contribution in [-0.4, -0.2) is 40.9 Å². The molecule has 8 heteroatoms.